The summed E-state index contributed by atoms with van der Waals surface area (Å²) in [5.41, 5.74) is 0. The molecule has 0 aromatic heterocycles. The third-order valence-corrected chi connectivity index (χ3v) is 5.17. The van der Waals surface area contributed by atoms with E-state index in [2.05, 4.69) is 34.4 Å². The van der Waals surface area contributed by atoms with Crippen LogP contribution in [0.3, 0.4) is 0 Å². The van der Waals surface area contributed by atoms with E-state index in [0.717, 1.165) is 58.3 Å². The zero-order valence-electron chi connectivity index (χ0n) is 16.3. The van der Waals surface area contributed by atoms with Gasteiger partial charge in [0.1, 0.15) is 0 Å². The summed E-state index contributed by atoms with van der Waals surface area (Å²) in [4.78, 5) is 20.6. The number of nitrogens with one attached hydrogen (secondary N) is 2. The maximum absolute atomic E-state index is 11.8. The fraction of sp³-hybridized carbons (Fsp3) is 0.889. The number of guanidine groups is 1. The minimum atomic E-state index is 0.236. The number of nitrogens with zero attached hydrogens (tertiary/aromatic N) is 3. The molecule has 1 amide bonds. The van der Waals surface area contributed by atoms with E-state index < -0.39 is 0 Å². The van der Waals surface area contributed by atoms with E-state index in [1.807, 2.05) is 11.8 Å². The Hall–Kier alpha value is -1.34. The molecular weight excluding hydrogens is 318 g/mol. The number of ether oxygens (including phenoxy) is 1. The van der Waals surface area contributed by atoms with Crippen LogP contribution in [0.1, 0.15) is 33.6 Å². The molecule has 0 saturated carbocycles. The number of rotatable bonds is 6. The van der Waals surface area contributed by atoms with Crippen LogP contribution >= 0.6 is 0 Å². The van der Waals surface area contributed by atoms with E-state index in [-0.39, 0.29) is 11.9 Å². The largest absolute Gasteiger partial charge is 0.379 e. The van der Waals surface area contributed by atoms with Crippen molar-refractivity contribution in [2.24, 2.45) is 10.9 Å². The molecule has 144 valence electrons. The molecule has 2 atom stereocenters. The van der Waals surface area contributed by atoms with Crippen LogP contribution in [0.25, 0.3) is 0 Å². The standard InChI is InChI=1S/C18H35N5O2/c1-5-17(24)23-7-6-15(13-23)21-18(19-4)20-12-16(14(2)3)22-8-10-25-11-9-22/h14-16H,5-13H2,1-4H3,(H2,19,20,21). The number of hydrogen-bond acceptors (Lipinski definition) is 4. The van der Waals surface area contributed by atoms with Gasteiger partial charge in [-0.25, -0.2) is 0 Å². The Balaban J connectivity index is 1.81. The van der Waals surface area contributed by atoms with Gasteiger partial charge in [-0.2, -0.15) is 0 Å². The van der Waals surface area contributed by atoms with Crippen molar-refractivity contribution in [2.75, 3.05) is 53.0 Å². The summed E-state index contributed by atoms with van der Waals surface area (Å²) in [7, 11) is 1.80. The Kier molecular flexibility index (Phi) is 7.96. The fourth-order valence-electron chi connectivity index (χ4n) is 3.61. The van der Waals surface area contributed by atoms with Crippen molar-refractivity contribution in [1.82, 2.24) is 20.4 Å². The molecule has 2 heterocycles. The van der Waals surface area contributed by atoms with Gasteiger partial charge in [-0.05, 0) is 12.3 Å². The molecule has 2 unspecified atom stereocenters. The predicted molar refractivity (Wildman–Crippen MR) is 101 cm³/mol. The Morgan fingerprint density at radius 1 is 1.28 bits per heavy atom. The first-order valence-electron chi connectivity index (χ1n) is 9.61. The Morgan fingerprint density at radius 2 is 2.00 bits per heavy atom. The van der Waals surface area contributed by atoms with E-state index in [4.69, 9.17) is 4.74 Å². The molecule has 0 spiro atoms. The number of morpholine rings is 1. The molecule has 2 N–H and O–H groups in total. The van der Waals surface area contributed by atoms with Crippen molar-refractivity contribution in [3.8, 4) is 0 Å². The zero-order chi connectivity index (χ0) is 18.2. The van der Waals surface area contributed by atoms with Crippen LogP contribution in [0.15, 0.2) is 4.99 Å². The second kappa shape index (κ2) is 9.97. The molecule has 7 heteroatoms. The Morgan fingerprint density at radius 3 is 2.60 bits per heavy atom. The van der Waals surface area contributed by atoms with Gasteiger partial charge in [0.25, 0.3) is 0 Å². The summed E-state index contributed by atoms with van der Waals surface area (Å²) in [5, 5.41) is 6.96. The normalized spacial score (nSPS) is 23.8. The summed E-state index contributed by atoms with van der Waals surface area (Å²) in [6.45, 7) is 12.5. The molecule has 2 aliphatic heterocycles. The number of carbonyl (C=O) groups is 1. The molecule has 2 rings (SSSR count). The van der Waals surface area contributed by atoms with Crippen LogP contribution in [0, 0.1) is 5.92 Å². The highest BCUT2D eigenvalue weighted by atomic mass is 16.5. The highest BCUT2D eigenvalue weighted by molar-refractivity contribution is 5.80. The van der Waals surface area contributed by atoms with Crippen LogP contribution < -0.4 is 10.6 Å². The van der Waals surface area contributed by atoms with Crippen LogP contribution in [0.2, 0.25) is 0 Å². The summed E-state index contributed by atoms with van der Waals surface area (Å²) < 4.78 is 5.47. The molecule has 0 radical (unpaired) electrons. The molecule has 25 heavy (non-hydrogen) atoms. The Labute approximate surface area is 152 Å². The molecule has 0 aromatic carbocycles. The molecule has 7 nitrogen and oxygen atoms in total. The number of likely N-dealkylation sites (tertiary alicyclic amines) is 1. The SMILES string of the molecule is CCC(=O)N1CCC(NC(=NC)NCC(C(C)C)N2CCOCC2)C1. The lowest BCUT2D eigenvalue weighted by Crippen LogP contribution is -2.53. The zero-order valence-corrected chi connectivity index (χ0v) is 16.3. The number of hydrogen-bond donors (Lipinski definition) is 2. The van der Waals surface area contributed by atoms with Crippen molar-refractivity contribution in [2.45, 2.75) is 45.7 Å². The topological polar surface area (TPSA) is 69.2 Å². The summed E-state index contributed by atoms with van der Waals surface area (Å²) in [6.07, 6.45) is 1.55. The van der Waals surface area contributed by atoms with Gasteiger partial charge in [0, 0.05) is 58.3 Å². The molecule has 0 bridgehead atoms. The molecule has 2 aliphatic rings. The van der Waals surface area contributed by atoms with Crippen LogP contribution in [0.5, 0.6) is 0 Å². The van der Waals surface area contributed by atoms with Crippen molar-refractivity contribution in [3.05, 3.63) is 0 Å². The second-order valence-corrected chi connectivity index (χ2v) is 7.24. The number of amides is 1. The molecule has 0 aliphatic carbocycles. The highest BCUT2D eigenvalue weighted by Crippen LogP contribution is 2.13. The van der Waals surface area contributed by atoms with E-state index in [0.29, 0.717) is 18.4 Å². The van der Waals surface area contributed by atoms with Crippen molar-refractivity contribution in [3.63, 3.8) is 0 Å². The average Bonchev–Trinajstić information content (AvgIpc) is 3.09. The quantitative estimate of drug-likeness (QED) is 0.538. The first-order chi connectivity index (χ1) is 12.0. The minimum absolute atomic E-state index is 0.236. The summed E-state index contributed by atoms with van der Waals surface area (Å²) in [6, 6.07) is 0.742. The first kappa shape index (κ1) is 20.0. The van der Waals surface area contributed by atoms with Gasteiger partial charge in [0.05, 0.1) is 13.2 Å². The molecular formula is C18H35N5O2. The lowest BCUT2D eigenvalue weighted by molar-refractivity contribution is -0.129. The maximum Gasteiger partial charge on any atom is 0.222 e. The summed E-state index contributed by atoms with van der Waals surface area (Å²) in [5.74, 6) is 1.63. The number of carbonyl (C=O) groups excluding carboxylic acids is 1. The van der Waals surface area contributed by atoms with Crippen molar-refractivity contribution < 1.29 is 9.53 Å². The third kappa shape index (κ3) is 5.85. The van der Waals surface area contributed by atoms with Crippen molar-refractivity contribution in [1.29, 1.82) is 0 Å². The maximum atomic E-state index is 11.8. The van der Waals surface area contributed by atoms with Gasteiger partial charge in [0.2, 0.25) is 5.91 Å². The number of aliphatic imine (C=N–C) groups is 1. The minimum Gasteiger partial charge on any atom is -0.379 e. The van der Waals surface area contributed by atoms with Gasteiger partial charge in [-0.1, -0.05) is 20.8 Å². The van der Waals surface area contributed by atoms with E-state index in [1.54, 1.807) is 7.05 Å². The van der Waals surface area contributed by atoms with Gasteiger partial charge in [0.15, 0.2) is 5.96 Å². The second-order valence-electron chi connectivity index (χ2n) is 7.24. The summed E-state index contributed by atoms with van der Waals surface area (Å²) >= 11 is 0. The monoisotopic (exact) mass is 353 g/mol. The fourth-order valence-corrected chi connectivity index (χ4v) is 3.61. The third-order valence-electron chi connectivity index (χ3n) is 5.17. The van der Waals surface area contributed by atoms with Gasteiger partial charge < -0.3 is 20.3 Å². The average molecular weight is 354 g/mol. The van der Waals surface area contributed by atoms with Crippen LogP contribution in [-0.4, -0.2) is 86.7 Å². The lowest BCUT2D eigenvalue weighted by Gasteiger charge is -2.37. The first-order valence-corrected chi connectivity index (χ1v) is 9.61. The predicted octanol–water partition coefficient (Wildman–Crippen LogP) is 0.519. The van der Waals surface area contributed by atoms with Gasteiger partial charge in [-0.15, -0.1) is 0 Å². The molecule has 2 fully saturated rings. The van der Waals surface area contributed by atoms with Crippen molar-refractivity contribution >= 4 is 11.9 Å². The van der Waals surface area contributed by atoms with Crippen LogP contribution in [0.4, 0.5) is 0 Å². The van der Waals surface area contributed by atoms with Gasteiger partial charge >= 0.3 is 0 Å². The smallest absolute Gasteiger partial charge is 0.222 e. The molecule has 2 saturated heterocycles. The Bertz CT molecular complexity index is 449. The molecule has 0 aromatic rings. The highest BCUT2D eigenvalue weighted by Gasteiger charge is 2.27. The lowest BCUT2D eigenvalue weighted by atomic mass is 10.0. The van der Waals surface area contributed by atoms with Crippen LogP contribution in [-0.2, 0) is 9.53 Å². The van der Waals surface area contributed by atoms with Gasteiger partial charge in [-0.3, -0.25) is 14.7 Å². The van der Waals surface area contributed by atoms with E-state index in [1.165, 1.54) is 0 Å². The van der Waals surface area contributed by atoms with E-state index >= 15 is 0 Å². The van der Waals surface area contributed by atoms with E-state index in [9.17, 15) is 4.79 Å².